The number of carbonyl (C=O) groups is 2. The molecule has 132 valence electrons. The van der Waals surface area contributed by atoms with Crippen molar-refractivity contribution in [3.05, 3.63) is 60.2 Å². The number of carbonyl (C=O) groups excluding carboxylic acids is 2. The minimum absolute atomic E-state index is 0.338. The minimum atomic E-state index is -0.663. The van der Waals surface area contributed by atoms with Crippen LogP contribution >= 0.6 is 11.8 Å². The van der Waals surface area contributed by atoms with Crippen LogP contribution in [-0.4, -0.2) is 37.0 Å². The summed E-state index contributed by atoms with van der Waals surface area (Å²) in [5, 5.41) is 2.73. The quantitative estimate of drug-likeness (QED) is 0.731. The third kappa shape index (κ3) is 5.83. The van der Waals surface area contributed by atoms with Crippen molar-refractivity contribution in [3.8, 4) is 11.5 Å². The van der Waals surface area contributed by atoms with Crippen LogP contribution in [-0.2, 0) is 9.53 Å². The van der Waals surface area contributed by atoms with Gasteiger partial charge in [0, 0.05) is 5.56 Å². The molecule has 0 unspecified atom stereocenters. The van der Waals surface area contributed by atoms with E-state index in [0.717, 1.165) is 5.75 Å². The lowest BCUT2D eigenvalue weighted by atomic mass is 10.1. The van der Waals surface area contributed by atoms with Crippen LogP contribution in [0.1, 0.15) is 16.8 Å². The molecule has 2 rings (SSSR count). The highest BCUT2D eigenvalue weighted by Crippen LogP contribution is 2.21. The van der Waals surface area contributed by atoms with E-state index in [4.69, 9.17) is 9.47 Å². The van der Waals surface area contributed by atoms with Gasteiger partial charge in [-0.25, -0.2) is 4.79 Å². The van der Waals surface area contributed by atoms with E-state index in [1.807, 2.05) is 36.6 Å². The first-order chi connectivity index (χ1) is 12.1. The van der Waals surface area contributed by atoms with Crippen LogP contribution in [0.5, 0.6) is 11.5 Å². The van der Waals surface area contributed by atoms with Crippen molar-refractivity contribution in [2.24, 2.45) is 0 Å². The van der Waals surface area contributed by atoms with Gasteiger partial charge in [0.2, 0.25) is 0 Å². The van der Waals surface area contributed by atoms with Crippen LogP contribution in [0.15, 0.2) is 54.6 Å². The molecule has 0 saturated heterocycles. The zero-order chi connectivity index (χ0) is 18.1. The molecule has 0 bridgehead atoms. The fraction of sp³-hybridized carbons (Fsp3) is 0.263. The normalized spacial score (nSPS) is 11.4. The van der Waals surface area contributed by atoms with E-state index in [1.165, 1.54) is 7.11 Å². The molecule has 1 amide bonds. The van der Waals surface area contributed by atoms with E-state index in [2.05, 4.69) is 5.32 Å². The lowest BCUT2D eigenvalue weighted by molar-refractivity contribution is -0.142. The van der Waals surface area contributed by atoms with Crippen LogP contribution in [0.3, 0.4) is 0 Å². The van der Waals surface area contributed by atoms with Crippen molar-refractivity contribution in [3.63, 3.8) is 0 Å². The Morgan fingerprint density at radius 3 is 2.48 bits per heavy atom. The van der Waals surface area contributed by atoms with Gasteiger partial charge in [-0.3, -0.25) is 4.79 Å². The van der Waals surface area contributed by atoms with E-state index in [0.29, 0.717) is 23.5 Å². The molecule has 0 radical (unpaired) electrons. The first-order valence-corrected chi connectivity index (χ1v) is 9.24. The molecule has 25 heavy (non-hydrogen) atoms. The maximum Gasteiger partial charge on any atom is 0.328 e. The third-order valence-corrected chi connectivity index (χ3v) is 4.12. The van der Waals surface area contributed by atoms with E-state index < -0.39 is 12.0 Å². The average molecular weight is 359 g/mol. The van der Waals surface area contributed by atoms with Gasteiger partial charge >= 0.3 is 5.97 Å². The summed E-state index contributed by atoms with van der Waals surface area (Å²) in [5.41, 5.74) is 0.423. The number of esters is 1. The van der Waals surface area contributed by atoms with Gasteiger partial charge in [-0.15, -0.1) is 0 Å². The minimum Gasteiger partial charge on any atom is -0.467 e. The fourth-order valence-corrected chi connectivity index (χ4v) is 2.67. The monoisotopic (exact) mass is 359 g/mol. The summed E-state index contributed by atoms with van der Waals surface area (Å²) in [5.74, 6) is 1.20. The van der Waals surface area contributed by atoms with E-state index in [1.54, 1.807) is 36.0 Å². The molecule has 2 aromatic carbocycles. The largest absolute Gasteiger partial charge is 0.467 e. The maximum absolute atomic E-state index is 12.5. The van der Waals surface area contributed by atoms with Gasteiger partial charge in [0.25, 0.3) is 5.91 Å². The molecule has 1 N–H and O–H groups in total. The Labute approximate surface area is 151 Å². The summed E-state index contributed by atoms with van der Waals surface area (Å²) in [4.78, 5) is 24.3. The molecular formula is C19H21NO4S. The topological polar surface area (TPSA) is 64.6 Å². The van der Waals surface area contributed by atoms with Crippen LogP contribution in [0, 0.1) is 0 Å². The number of nitrogens with one attached hydrogen (secondary N) is 1. The SMILES string of the molecule is COC(=O)[C@@H](CCSC)NC(=O)c1cccc(Oc2ccccc2)c1. The van der Waals surface area contributed by atoms with Gasteiger partial charge in [0.15, 0.2) is 0 Å². The van der Waals surface area contributed by atoms with Gasteiger partial charge in [-0.1, -0.05) is 24.3 Å². The van der Waals surface area contributed by atoms with Crippen molar-refractivity contribution < 1.29 is 19.1 Å². The van der Waals surface area contributed by atoms with Crippen molar-refractivity contribution in [2.45, 2.75) is 12.5 Å². The number of benzene rings is 2. The first kappa shape index (κ1) is 18.9. The second-order valence-corrected chi connectivity index (χ2v) is 6.26. The summed E-state index contributed by atoms with van der Waals surface area (Å²) in [6.45, 7) is 0. The second kappa shape index (κ2) is 9.74. The van der Waals surface area contributed by atoms with Crippen LogP contribution in [0.2, 0.25) is 0 Å². The molecule has 1 atom stereocenters. The fourth-order valence-electron chi connectivity index (χ4n) is 2.19. The predicted octanol–water partition coefficient (Wildman–Crippen LogP) is 3.50. The van der Waals surface area contributed by atoms with Gasteiger partial charge < -0.3 is 14.8 Å². The molecule has 2 aromatic rings. The standard InChI is InChI=1S/C19H21NO4S/c1-23-19(22)17(11-12-25-2)20-18(21)14-7-6-10-16(13-14)24-15-8-4-3-5-9-15/h3-10,13,17H,11-12H2,1-2H3,(H,20,21)/t17-/m1/s1. The summed E-state index contributed by atoms with van der Waals surface area (Å²) in [6, 6.07) is 15.5. The van der Waals surface area contributed by atoms with Gasteiger partial charge in [-0.2, -0.15) is 11.8 Å². The lowest BCUT2D eigenvalue weighted by Gasteiger charge is -2.16. The Morgan fingerprint density at radius 1 is 1.08 bits per heavy atom. The lowest BCUT2D eigenvalue weighted by Crippen LogP contribution is -2.41. The summed E-state index contributed by atoms with van der Waals surface area (Å²) < 4.78 is 10.5. The zero-order valence-corrected chi connectivity index (χ0v) is 15.0. The molecule has 0 aliphatic rings. The van der Waals surface area contributed by atoms with E-state index in [9.17, 15) is 9.59 Å². The molecule has 0 heterocycles. The molecule has 6 heteroatoms. The Kier molecular flexibility index (Phi) is 7.35. The van der Waals surface area contributed by atoms with Crippen molar-refractivity contribution >= 4 is 23.6 Å². The maximum atomic E-state index is 12.5. The smallest absolute Gasteiger partial charge is 0.328 e. The predicted molar refractivity (Wildman–Crippen MR) is 99.2 cm³/mol. The first-order valence-electron chi connectivity index (χ1n) is 7.84. The molecule has 0 spiro atoms. The summed E-state index contributed by atoms with van der Waals surface area (Å²) in [7, 11) is 1.31. The molecule has 0 aliphatic heterocycles. The number of para-hydroxylation sites is 1. The Morgan fingerprint density at radius 2 is 1.80 bits per heavy atom. The third-order valence-electron chi connectivity index (χ3n) is 3.48. The summed E-state index contributed by atoms with van der Waals surface area (Å²) >= 11 is 1.61. The van der Waals surface area contributed by atoms with Crippen LogP contribution in [0.25, 0.3) is 0 Å². The van der Waals surface area contributed by atoms with Crippen LogP contribution < -0.4 is 10.1 Å². The zero-order valence-electron chi connectivity index (χ0n) is 14.2. The molecule has 0 aliphatic carbocycles. The van der Waals surface area contributed by atoms with Gasteiger partial charge in [0.05, 0.1) is 7.11 Å². The Hall–Kier alpha value is -2.47. The molecule has 0 fully saturated rings. The number of methoxy groups -OCH3 is 1. The van der Waals surface area contributed by atoms with E-state index >= 15 is 0 Å². The second-order valence-electron chi connectivity index (χ2n) is 5.27. The molecule has 0 aromatic heterocycles. The average Bonchev–Trinajstić information content (AvgIpc) is 2.65. The number of ether oxygens (including phenoxy) is 2. The number of thioether (sulfide) groups is 1. The Balaban J connectivity index is 2.07. The number of hydrogen-bond acceptors (Lipinski definition) is 5. The number of amides is 1. The number of rotatable bonds is 8. The van der Waals surface area contributed by atoms with Crippen molar-refractivity contribution in [1.29, 1.82) is 0 Å². The molecular weight excluding hydrogens is 338 g/mol. The van der Waals surface area contributed by atoms with Gasteiger partial charge in [0.1, 0.15) is 17.5 Å². The van der Waals surface area contributed by atoms with Crippen molar-refractivity contribution in [1.82, 2.24) is 5.32 Å². The highest BCUT2D eigenvalue weighted by Gasteiger charge is 2.21. The van der Waals surface area contributed by atoms with Crippen LogP contribution in [0.4, 0.5) is 0 Å². The highest BCUT2D eigenvalue weighted by molar-refractivity contribution is 7.98. The number of hydrogen-bond donors (Lipinski definition) is 1. The molecule has 5 nitrogen and oxygen atoms in total. The van der Waals surface area contributed by atoms with E-state index in [-0.39, 0.29) is 5.91 Å². The van der Waals surface area contributed by atoms with Gasteiger partial charge in [-0.05, 0) is 48.8 Å². The van der Waals surface area contributed by atoms with Crippen molar-refractivity contribution in [2.75, 3.05) is 19.1 Å². The highest BCUT2D eigenvalue weighted by atomic mass is 32.2. The summed E-state index contributed by atoms with van der Waals surface area (Å²) in [6.07, 6.45) is 2.46. The molecule has 0 saturated carbocycles. The Bertz CT molecular complexity index is 706.